The Labute approximate surface area is 222 Å². The van der Waals surface area contributed by atoms with E-state index in [1.807, 2.05) is 13.0 Å². The molecule has 2 aromatic rings. The molecule has 2 rings (SSSR count). The second kappa shape index (κ2) is 14.0. The van der Waals surface area contributed by atoms with Gasteiger partial charge in [0.1, 0.15) is 19.0 Å². The summed E-state index contributed by atoms with van der Waals surface area (Å²) >= 11 is 0. The fourth-order valence-electron chi connectivity index (χ4n) is 3.37. The normalized spacial score (nSPS) is 11.6. The summed E-state index contributed by atoms with van der Waals surface area (Å²) in [7, 11) is -6.00. The van der Waals surface area contributed by atoms with Crippen molar-refractivity contribution in [3.8, 4) is 11.5 Å². The van der Waals surface area contributed by atoms with Crippen molar-refractivity contribution in [3.63, 3.8) is 0 Å². The van der Waals surface area contributed by atoms with Crippen LogP contribution in [0.1, 0.15) is 82.8 Å². The fourth-order valence-corrected chi connectivity index (χ4v) is 3.37. The molecule has 0 fully saturated rings. The summed E-state index contributed by atoms with van der Waals surface area (Å²) in [4.78, 5) is 15.6. The summed E-state index contributed by atoms with van der Waals surface area (Å²) in [5, 5.41) is 9.16. The summed E-state index contributed by atoms with van der Waals surface area (Å²) < 4.78 is 55.8. The first-order chi connectivity index (χ1) is 17.6. The number of carbonyl (C=O) groups excluding carboxylic acids is 1. The lowest BCUT2D eigenvalue weighted by Crippen LogP contribution is -2.22. The smallest absolute Gasteiger partial charge is 0.490 e. The molecule has 0 amide bonds. The van der Waals surface area contributed by atoms with Crippen molar-refractivity contribution in [1.29, 1.82) is 5.39 Å². The van der Waals surface area contributed by atoms with Gasteiger partial charge in [0.15, 0.2) is 4.98 Å². The van der Waals surface area contributed by atoms with Gasteiger partial charge >= 0.3 is 18.9 Å². The Balaban J connectivity index is 0.00000132. The molecule has 0 unspecified atom stereocenters. The predicted octanol–water partition coefficient (Wildman–Crippen LogP) is 8.48. The number of hydrogen-bond donors (Lipinski definition) is 0. The number of rotatable bonds is 11. The van der Waals surface area contributed by atoms with Crippen LogP contribution < -0.4 is 9.47 Å². The number of benzene rings is 2. The van der Waals surface area contributed by atoms with E-state index in [4.69, 9.17) is 19.6 Å². The van der Waals surface area contributed by atoms with Crippen molar-refractivity contribution < 1.29 is 36.3 Å². The van der Waals surface area contributed by atoms with Crippen LogP contribution in [-0.2, 0) is 15.6 Å². The highest BCUT2D eigenvalue weighted by Gasteiger charge is 2.27. The number of hydrogen-bond acceptors (Lipinski definition) is 5. The lowest BCUT2D eigenvalue weighted by molar-refractivity contribution is 0.0449. The molecule has 210 valence electrons. The molecule has 0 N–H and O–H groups in total. The average molecular weight is 540 g/mol. The van der Waals surface area contributed by atoms with Gasteiger partial charge in [0, 0.05) is 5.56 Å². The van der Waals surface area contributed by atoms with Crippen LogP contribution in [0.15, 0.2) is 36.4 Å². The number of diazo groups is 1. The molecule has 0 aromatic heterocycles. The minimum Gasteiger partial charge on any atom is -0.490 e. The first-order valence-corrected chi connectivity index (χ1v) is 12.5. The minimum atomic E-state index is -6.00. The highest BCUT2D eigenvalue weighted by atomic mass is 19.5. The van der Waals surface area contributed by atoms with E-state index < -0.39 is 13.2 Å². The lowest BCUT2D eigenvalue weighted by Gasteiger charge is -2.30. The predicted molar refractivity (Wildman–Crippen MR) is 141 cm³/mol. The van der Waals surface area contributed by atoms with E-state index in [-0.39, 0.29) is 35.3 Å². The molecule has 2 aromatic carbocycles. The number of halogens is 4. The quantitative estimate of drug-likeness (QED) is 0.0940. The molecule has 0 radical (unpaired) electrons. The third-order valence-corrected chi connectivity index (χ3v) is 6.43. The Morgan fingerprint density at radius 2 is 1.45 bits per heavy atom. The van der Waals surface area contributed by atoms with Crippen LogP contribution in [-0.4, -0.2) is 33.0 Å². The maximum Gasteiger partial charge on any atom is 0.673 e. The minimum absolute atomic E-state index is 0.0433. The van der Waals surface area contributed by atoms with Gasteiger partial charge in [-0.3, -0.25) is 0 Å². The molecule has 0 saturated heterocycles. The summed E-state index contributed by atoms with van der Waals surface area (Å²) in [6.45, 7) is 15.9. The third kappa shape index (κ3) is 10.2. The van der Waals surface area contributed by atoms with Crippen molar-refractivity contribution in [3.05, 3.63) is 58.1 Å². The van der Waals surface area contributed by atoms with Gasteiger partial charge in [-0.05, 0) is 54.4 Å². The van der Waals surface area contributed by atoms with Crippen LogP contribution in [0, 0.1) is 5.39 Å². The zero-order valence-corrected chi connectivity index (χ0v) is 23.1. The summed E-state index contributed by atoms with van der Waals surface area (Å²) in [5.41, 5.74) is 2.97. The van der Waals surface area contributed by atoms with Gasteiger partial charge in [-0.15, -0.1) is 0 Å². The highest BCUT2D eigenvalue weighted by molar-refractivity contribution is 6.50. The van der Waals surface area contributed by atoms with Gasteiger partial charge in [0.2, 0.25) is 11.1 Å². The van der Waals surface area contributed by atoms with E-state index >= 15 is 0 Å². The molecule has 6 nitrogen and oxygen atoms in total. The van der Waals surface area contributed by atoms with Gasteiger partial charge in [0.25, 0.3) is 0 Å². The van der Waals surface area contributed by atoms with E-state index in [2.05, 4.69) is 58.7 Å². The largest absolute Gasteiger partial charge is 0.673 e. The van der Waals surface area contributed by atoms with Gasteiger partial charge < -0.3 is 31.5 Å². The number of nitrogens with zero attached hydrogens (tertiary/aromatic N) is 2. The molecule has 0 saturated carbocycles. The molecule has 0 aliphatic heterocycles. The second-order valence-corrected chi connectivity index (χ2v) is 9.88. The van der Waals surface area contributed by atoms with Crippen LogP contribution in [0.3, 0.4) is 0 Å². The fraction of sp³-hybridized carbons (Fsp3) is 0.519. The van der Waals surface area contributed by atoms with E-state index in [0.29, 0.717) is 12.4 Å². The van der Waals surface area contributed by atoms with Crippen molar-refractivity contribution >= 4 is 18.9 Å². The zero-order chi connectivity index (χ0) is 29.1. The van der Waals surface area contributed by atoms with Crippen molar-refractivity contribution in [2.45, 2.75) is 72.1 Å². The van der Waals surface area contributed by atoms with Crippen LogP contribution in [0.25, 0.3) is 4.98 Å². The van der Waals surface area contributed by atoms with Crippen LogP contribution in [0.5, 0.6) is 11.5 Å². The molecule has 0 aliphatic carbocycles. The molecular weight excluding hydrogens is 503 g/mol. The molecular formula is C27H37BF4N2O4. The summed E-state index contributed by atoms with van der Waals surface area (Å²) in [5.74, 6) is 0.706. The standard InChI is InChI=1S/C27H37N2O4.BF4/c1-8-26(4,5)20-12-14-23(21(18-20)27(6,7)9-2)32-15-16-33-25(30)19-11-13-24(31-10-3)22(17-19)29-28;2-1(3,4)5/h11-14,17-18H,8-10,15-16H2,1-7H3;/q+1;-1. The Kier molecular flexibility index (Phi) is 12.1. The Hall–Kier alpha value is -3.29. The first-order valence-electron chi connectivity index (χ1n) is 12.5. The molecule has 0 aliphatic rings. The molecule has 0 spiro atoms. The second-order valence-electron chi connectivity index (χ2n) is 9.88. The molecule has 11 heteroatoms. The first kappa shape index (κ1) is 32.7. The monoisotopic (exact) mass is 540 g/mol. The molecule has 38 heavy (non-hydrogen) atoms. The highest BCUT2D eigenvalue weighted by Crippen LogP contribution is 2.38. The van der Waals surface area contributed by atoms with Crippen molar-refractivity contribution in [2.75, 3.05) is 19.8 Å². The molecule has 0 heterocycles. The van der Waals surface area contributed by atoms with Gasteiger partial charge in [-0.2, -0.15) is 0 Å². The third-order valence-electron chi connectivity index (χ3n) is 6.43. The van der Waals surface area contributed by atoms with Crippen LogP contribution in [0.4, 0.5) is 23.0 Å². The van der Waals surface area contributed by atoms with Crippen LogP contribution in [0.2, 0.25) is 0 Å². The van der Waals surface area contributed by atoms with Crippen molar-refractivity contribution in [2.24, 2.45) is 0 Å². The van der Waals surface area contributed by atoms with E-state index in [9.17, 15) is 22.1 Å². The Morgan fingerprint density at radius 3 is 1.97 bits per heavy atom. The van der Waals surface area contributed by atoms with Crippen LogP contribution >= 0.6 is 0 Å². The summed E-state index contributed by atoms with van der Waals surface area (Å²) in [6.07, 6.45) is 2.02. The molecule has 0 bridgehead atoms. The van der Waals surface area contributed by atoms with E-state index in [0.717, 1.165) is 24.2 Å². The maximum atomic E-state index is 12.4. The Morgan fingerprint density at radius 1 is 0.868 bits per heavy atom. The zero-order valence-electron chi connectivity index (χ0n) is 23.1. The molecule has 0 atom stereocenters. The number of esters is 1. The lowest BCUT2D eigenvalue weighted by atomic mass is 9.76. The summed E-state index contributed by atoms with van der Waals surface area (Å²) in [6, 6.07) is 11.0. The number of carbonyl (C=O) groups is 1. The SMILES string of the molecule is CCOc1ccc(C(=O)OCCOc2ccc(C(C)(C)CC)cc2C(C)(C)CC)cc1[N+]#N.F[B-](F)(F)F. The maximum absolute atomic E-state index is 12.4. The van der Waals surface area contributed by atoms with Gasteiger partial charge in [0.05, 0.1) is 18.2 Å². The topological polar surface area (TPSA) is 72.9 Å². The average Bonchev–Trinajstić information content (AvgIpc) is 2.85. The van der Waals surface area contributed by atoms with E-state index in [1.54, 1.807) is 12.1 Å². The Bertz CT molecular complexity index is 1110. The van der Waals surface area contributed by atoms with Crippen molar-refractivity contribution in [1.82, 2.24) is 0 Å². The van der Waals surface area contributed by atoms with Gasteiger partial charge in [-0.1, -0.05) is 53.7 Å². The number of ether oxygens (including phenoxy) is 3. The van der Waals surface area contributed by atoms with E-state index in [1.165, 1.54) is 11.6 Å². The van der Waals surface area contributed by atoms with Gasteiger partial charge in [-0.25, -0.2) is 4.79 Å².